The summed E-state index contributed by atoms with van der Waals surface area (Å²) in [6.45, 7) is 7.94. The van der Waals surface area contributed by atoms with Gasteiger partial charge >= 0.3 is 0 Å². The van der Waals surface area contributed by atoms with Crippen LogP contribution < -0.4 is 9.80 Å². The summed E-state index contributed by atoms with van der Waals surface area (Å²) in [5.41, 5.74) is 6.95. The molecule has 4 aromatic rings. The Labute approximate surface area is 170 Å². The van der Waals surface area contributed by atoms with Crippen LogP contribution in [-0.2, 0) is 0 Å². The predicted octanol–water partition coefficient (Wildman–Crippen LogP) is 4.30. The molecule has 5 heteroatoms. The monoisotopic (exact) mass is 381 g/mol. The van der Waals surface area contributed by atoms with Gasteiger partial charge in [-0.15, -0.1) is 0 Å². The van der Waals surface area contributed by atoms with Crippen LogP contribution in [0.25, 0.3) is 16.7 Å². The first-order valence-corrected chi connectivity index (χ1v) is 10.0. The van der Waals surface area contributed by atoms with E-state index in [-0.39, 0.29) is 0 Å². The Balaban J connectivity index is 1.55. The number of piperazine rings is 1. The zero-order valence-electron chi connectivity index (χ0n) is 16.8. The van der Waals surface area contributed by atoms with Crippen molar-refractivity contribution in [1.29, 1.82) is 5.26 Å². The molecule has 144 valence electrons. The van der Waals surface area contributed by atoms with Crippen molar-refractivity contribution in [3.63, 3.8) is 0 Å². The molecule has 0 bridgehead atoms. The number of rotatable bonds is 2. The van der Waals surface area contributed by atoms with Crippen LogP contribution in [-0.4, -0.2) is 35.6 Å². The van der Waals surface area contributed by atoms with Crippen LogP contribution in [0, 0.1) is 25.2 Å². The average molecular weight is 381 g/mol. The second kappa shape index (κ2) is 6.82. The van der Waals surface area contributed by atoms with E-state index in [0.29, 0.717) is 5.56 Å². The van der Waals surface area contributed by atoms with E-state index in [1.807, 2.05) is 25.1 Å². The van der Waals surface area contributed by atoms with E-state index in [1.54, 1.807) is 0 Å². The van der Waals surface area contributed by atoms with Crippen LogP contribution in [0.2, 0.25) is 0 Å². The fraction of sp³-hybridized carbons (Fsp3) is 0.250. The van der Waals surface area contributed by atoms with Crippen molar-refractivity contribution in [3.8, 4) is 6.07 Å². The molecule has 1 aliphatic heterocycles. The quantitative estimate of drug-likeness (QED) is 0.519. The first-order valence-electron chi connectivity index (χ1n) is 10.0. The van der Waals surface area contributed by atoms with Crippen molar-refractivity contribution in [1.82, 2.24) is 9.38 Å². The highest BCUT2D eigenvalue weighted by Gasteiger charge is 2.22. The molecule has 1 fully saturated rings. The van der Waals surface area contributed by atoms with Gasteiger partial charge < -0.3 is 9.80 Å². The number of anilines is 2. The van der Waals surface area contributed by atoms with Gasteiger partial charge in [0.15, 0.2) is 5.65 Å². The minimum absolute atomic E-state index is 0.656. The maximum absolute atomic E-state index is 9.70. The number of benzene rings is 2. The van der Waals surface area contributed by atoms with Crippen molar-refractivity contribution in [2.24, 2.45) is 0 Å². The minimum Gasteiger partial charge on any atom is -0.368 e. The number of nitriles is 1. The average Bonchev–Trinajstić information content (AvgIpc) is 3.12. The maximum Gasteiger partial charge on any atom is 0.157 e. The SMILES string of the molecule is Cc1cccc(N2CCN(c3cc(C)c(C#N)c4nc5ccccc5n34)CC2)c1. The van der Waals surface area contributed by atoms with E-state index >= 15 is 0 Å². The van der Waals surface area contributed by atoms with Gasteiger partial charge in [-0.3, -0.25) is 4.40 Å². The molecule has 2 aromatic carbocycles. The molecule has 0 atom stereocenters. The Kier molecular flexibility index (Phi) is 4.13. The molecular weight excluding hydrogens is 358 g/mol. The van der Waals surface area contributed by atoms with Gasteiger partial charge in [-0.25, -0.2) is 4.98 Å². The summed E-state index contributed by atoms with van der Waals surface area (Å²) in [6, 6.07) is 21.3. The van der Waals surface area contributed by atoms with Crippen LogP contribution in [0.5, 0.6) is 0 Å². The molecule has 0 radical (unpaired) electrons. The number of aryl methyl sites for hydroxylation is 2. The number of para-hydroxylation sites is 2. The number of hydrogen-bond donors (Lipinski definition) is 0. The Bertz CT molecular complexity index is 1260. The highest BCUT2D eigenvalue weighted by Crippen LogP contribution is 2.30. The lowest BCUT2D eigenvalue weighted by molar-refractivity contribution is 0.645. The molecule has 0 aliphatic carbocycles. The molecule has 5 nitrogen and oxygen atoms in total. The summed E-state index contributed by atoms with van der Waals surface area (Å²) < 4.78 is 2.16. The van der Waals surface area contributed by atoms with E-state index in [4.69, 9.17) is 4.98 Å². The lowest BCUT2D eigenvalue weighted by Gasteiger charge is -2.37. The summed E-state index contributed by atoms with van der Waals surface area (Å²) in [6.07, 6.45) is 0. The zero-order valence-corrected chi connectivity index (χ0v) is 16.8. The summed E-state index contributed by atoms with van der Waals surface area (Å²) >= 11 is 0. The Morgan fingerprint density at radius 1 is 0.897 bits per heavy atom. The van der Waals surface area contributed by atoms with Gasteiger partial charge in [-0.1, -0.05) is 24.3 Å². The first-order chi connectivity index (χ1) is 14.2. The van der Waals surface area contributed by atoms with Gasteiger partial charge in [0.2, 0.25) is 0 Å². The van der Waals surface area contributed by atoms with Crippen molar-refractivity contribution < 1.29 is 0 Å². The molecule has 0 amide bonds. The van der Waals surface area contributed by atoms with Crippen molar-refractivity contribution in [3.05, 3.63) is 71.3 Å². The number of hydrogen-bond acceptors (Lipinski definition) is 4. The standard InChI is InChI=1S/C24H23N5/c1-17-6-5-7-19(14-17)27-10-12-28(13-11-27)23-15-18(2)20(16-25)24-26-21-8-3-4-9-22(21)29(23)24/h3-9,14-15H,10-13H2,1-2H3. The Morgan fingerprint density at radius 2 is 1.66 bits per heavy atom. The highest BCUT2D eigenvalue weighted by molar-refractivity contribution is 5.85. The topological polar surface area (TPSA) is 47.6 Å². The second-order valence-electron chi connectivity index (χ2n) is 7.74. The fourth-order valence-electron chi connectivity index (χ4n) is 4.32. The lowest BCUT2D eigenvalue weighted by Crippen LogP contribution is -2.47. The highest BCUT2D eigenvalue weighted by atomic mass is 15.3. The summed E-state index contributed by atoms with van der Waals surface area (Å²) in [5.74, 6) is 1.12. The molecule has 0 spiro atoms. The minimum atomic E-state index is 0.656. The Morgan fingerprint density at radius 3 is 2.41 bits per heavy atom. The molecule has 29 heavy (non-hydrogen) atoms. The normalized spacial score (nSPS) is 14.5. The number of imidazole rings is 1. The predicted molar refractivity (Wildman–Crippen MR) is 118 cm³/mol. The second-order valence-corrected chi connectivity index (χ2v) is 7.74. The number of fused-ring (bicyclic) bond motifs is 3. The van der Waals surface area contributed by atoms with E-state index in [9.17, 15) is 5.26 Å². The van der Waals surface area contributed by atoms with Gasteiger partial charge in [-0.05, 0) is 55.3 Å². The third kappa shape index (κ3) is 2.89. The van der Waals surface area contributed by atoms with Gasteiger partial charge in [0, 0.05) is 31.9 Å². The number of nitrogens with zero attached hydrogens (tertiary/aromatic N) is 5. The first kappa shape index (κ1) is 17.6. The largest absolute Gasteiger partial charge is 0.368 e. The fourth-order valence-corrected chi connectivity index (χ4v) is 4.32. The third-order valence-corrected chi connectivity index (χ3v) is 5.84. The van der Waals surface area contributed by atoms with Crippen LogP contribution in [0.1, 0.15) is 16.7 Å². The summed E-state index contributed by atoms with van der Waals surface area (Å²) in [5, 5.41) is 9.70. The third-order valence-electron chi connectivity index (χ3n) is 5.84. The van der Waals surface area contributed by atoms with Crippen molar-refractivity contribution in [2.45, 2.75) is 13.8 Å². The number of pyridine rings is 1. The summed E-state index contributed by atoms with van der Waals surface area (Å²) in [4.78, 5) is 9.64. The van der Waals surface area contributed by atoms with E-state index < -0.39 is 0 Å². The Hall–Kier alpha value is -3.52. The van der Waals surface area contributed by atoms with Crippen molar-refractivity contribution in [2.75, 3.05) is 36.0 Å². The van der Waals surface area contributed by atoms with Gasteiger partial charge in [0.25, 0.3) is 0 Å². The molecule has 2 aromatic heterocycles. The van der Waals surface area contributed by atoms with E-state index in [0.717, 1.165) is 54.2 Å². The van der Waals surface area contributed by atoms with Crippen LogP contribution >= 0.6 is 0 Å². The summed E-state index contributed by atoms with van der Waals surface area (Å²) in [7, 11) is 0. The molecule has 1 aliphatic rings. The van der Waals surface area contributed by atoms with Crippen LogP contribution in [0.4, 0.5) is 11.5 Å². The number of aromatic nitrogens is 2. The molecule has 1 saturated heterocycles. The molecule has 5 rings (SSSR count). The molecule has 0 N–H and O–H groups in total. The molecular formula is C24H23N5. The lowest BCUT2D eigenvalue weighted by atomic mass is 10.1. The van der Waals surface area contributed by atoms with Gasteiger partial charge in [0.1, 0.15) is 11.9 Å². The molecule has 0 unspecified atom stereocenters. The maximum atomic E-state index is 9.70. The zero-order chi connectivity index (χ0) is 20.0. The molecule has 3 heterocycles. The molecule has 0 saturated carbocycles. The van der Waals surface area contributed by atoms with Gasteiger partial charge in [-0.2, -0.15) is 5.26 Å². The van der Waals surface area contributed by atoms with Gasteiger partial charge in [0.05, 0.1) is 16.6 Å². The van der Waals surface area contributed by atoms with E-state index in [2.05, 4.69) is 63.6 Å². The van der Waals surface area contributed by atoms with E-state index in [1.165, 1.54) is 11.3 Å². The van der Waals surface area contributed by atoms with Crippen molar-refractivity contribution >= 4 is 28.2 Å². The van der Waals surface area contributed by atoms with Crippen LogP contribution in [0.15, 0.2) is 54.6 Å². The van der Waals surface area contributed by atoms with Crippen LogP contribution in [0.3, 0.4) is 0 Å². The smallest absolute Gasteiger partial charge is 0.157 e.